The fraction of sp³-hybridized carbons (Fsp3) is 0.591. The molecule has 8 nitrogen and oxygen atoms in total. The van der Waals surface area contributed by atoms with Gasteiger partial charge in [0.05, 0.1) is 28.4 Å². The van der Waals surface area contributed by atoms with Crippen molar-refractivity contribution in [3.63, 3.8) is 0 Å². The van der Waals surface area contributed by atoms with Crippen LogP contribution in [-0.2, 0) is 27.8 Å². The maximum Gasteiger partial charge on any atom is 0.243 e. The molecule has 0 bridgehead atoms. The Morgan fingerprint density at radius 1 is 1.26 bits per heavy atom. The first kappa shape index (κ1) is 24.8. The van der Waals surface area contributed by atoms with Crippen LogP contribution >= 0.6 is 0 Å². The second kappa shape index (κ2) is 10.7. The van der Waals surface area contributed by atoms with Crippen molar-refractivity contribution in [3.05, 3.63) is 24.0 Å². The van der Waals surface area contributed by atoms with Crippen LogP contribution in [0.25, 0.3) is 11.0 Å². The molecular weight excluding hydrogens is 414 g/mol. The lowest BCUT2D eigenvalue weighted by Gasteiger charge is -2.22. The van der Waals surface area contributed by atoms with E-state index in [0.29, 0.717) is 31.4 Å². The Balaban J connectivity index is 2.34. The summed E-state index contributed by atoms with van der Waals surface area (Å²) in [5.74, 6) is 0.728. The van der Waals surface area contributed by atoms with E-state index in [2.05, 4.69) is 22.5 Å². The Kier molecular flexibility index (Phi) is 8.60. The summed E-state index contributed by atoms with van der Waals surface area (Å²) in [6.07, 6.45) is 1.92. The maximum atomic E-state index is 12.9. The number of nitrogens with zero attached hydrogens (tertiary/aromatic N) is 5. The lowest BCUT2D eigenvalue weighted by molar-refractivity contribution is -0.131. The van der Waals surface area contributed by atoms with E-state index in [9.17, 15) is 13.2 Å². The first-order valence-corrected chi connectivity index (χ1v) is 12.3. The summed E-state index contributed by atoms with van der Waals surface area (Å²) in [4.78, 5) is 19.1. The first-order chi connectivity index (χ1) is 14.7. The number of aryl methyl sites for hydroxylation is 2. The van der Waals surface area contributed by atoms with Gasteiger partial charge in [0.1, 0.15) is 5.82 Å². The molecule has 0 saturated heterocycles. The van der Waals surface area contributed by atoms with Gasteiger partial charge in [0.2, 0.25) is 15.9 Å². The number of imidazole rings is 1. The molecule has 0 spiro atoms. The third-order valence-electron chi connectivity index (χ3n) is 5.59. The number of carbonyl (C=O) groups is 1. The molecule has 1 unspecified atom stereocenters. The van der Waals surface area contributed by atoms with Crippen molar-refractivity contribution in [1.29, 1.82) is 5.26 Å². The van der Waals surface area contributed by atoms with Crippen LogP contribution in [0.5, 0.6) is 0 Å². The quantitative estimate of drug-likeness (QED) is 0.527. The van der Waals surface area contributed by atoms with Crippen molar-refractivity contribution < 1.29 is 13.2 Å². The van der Waals surface area contributed by atoms with Crippen molar-refractivity contribution in [2.75, 3.05) is 20.1 Å². The predicted octanol–water partition coefficient (Wildman–Crippen LogP) is 3.17. The Bertz CT molecular complexity index is 1050. The van der Waals surface area contributed by atoms with Crippen molar-refractivity contribution >= 4 is 27.0 Å². The molecule has 0 aliphatic rings. The second-order valence-electron chi connectivity index (χ2n) is 7.64. The average Bonchev–Trinajstić information content (AvgIpc) is 3.09. The standard InChI is InChI=1S/C22H33N5O3S/c1-6-15-27-20-10-9-18(31(29,30)26(7-2)8-3)16-19(20)24-21(27)11-12-22(28)25(5)17(4)13-14-23/h9-10,16-17H,6-8,11-13,15H2,1-5H3. The summed E-state index contributed by atoms with van der Waals surface area (Å²) in [5, 5.41) is 8.85. The van der Waals surface area contributed by atoms with Gasteiger partial charge in [-0.25, -0.2) is 13.4 Å². The molecule has 1 heterocycles. The zero-order chi connectivity index (χ0) is 23.2. The van der Waals surface area contributed by atoms with E-state index in [1.165, 1.54) is 4.31 Å². The van der Waals surface area contributed by atoms with Gasteiger partial charge in [-0.15, -0.1) is 0 Å². The number of benzene rings is 1. The molecule has 0 aliphatic heterocycles. The highest BCUT2D eigenvalue weighted by molar-refractivity contribution is 7.89. The van der Waals surface area contributed by atoms with Crippen molar-refractivity contribution in [2.24, 2.45) is 0 Å². The molecule has 9 heteroatoms. The van der Waals surface area contributed by atoms with Gasteiger partial charge in [-0.3, -0.25) is 4.79 Å². The van der Waals surface area contributed by atoms with Crippen molar-refractivity contribution in [3.8, 4) is 6.07 Å². The van der Waals surface area contributed by atoms with Crippen molar-refractivity contribution in [2.45, 2.75) is 70.9 Å². The lowest BCUT2D eigenvalue weighted by Crippen LogP contribution is -2.35. The zero-order valence-electron chi connectivity index (χ0n) is 19.1. The van der Waals surface area contributed by atoms with E-state index < -0.39 is 10.0 Å². The van der Waals surface area contributed by atoms with Gasteiger partial charge in [0.25, 0.3) is 0 Å². The fourth-order valence-corrected chi connectivity index (χ4v) is 5.08. The molecule has 0 fully saturated rings. The maximum absolute atomic E-state index is 12.9. The van der Waals surface area contributed by atoms with Crippen LogP contribution in [0.1, 0.15) is 52.8 Å². The minimum absolute atomic E-state index is 0.0392. The van der Waals surface area contributed by atoms with Crippen LogP contribution in [0, 0.1) is 11.3 Å². The number of amides is 1. The van der Waals surface area contributed by atoms with Gasteiger partial charge in [0, 0.05) is 45.6 Å². The van der Waals surface area contributed by atoms with Gasteiger partial charge in [-0.05, 0) is 31.5 Å². The molecule has 0 saturated carbocycles. The average molecular weight is 448 g/mol. The topological polar surface area (TPSA) is 99.3 Å². The van der Waals surface area contributed by atoms with Gasteiger partial charge in [-0.2, -0.15) is 9.57 Å². The Labute approximate surface area is 185 Å². The SMILES string of the molecule is CCCn1c(CCC(=O)N(C)C(C)CC#N)nc2cc(S(=O)(=O)N(CC)CC)ccc21. The minimum Gasteiger partial charge on any atom is -0.342 e. The van der Waals surface area contributed by atoms with E-state index in [4.69, 9.17) is 5.26 Å². The number of hydrogen-bond acceptors (Lipinski definition) is 5. The molecular formula is C22H33N5O3S. The number of aromatic nitrogens is 2. The molecule has 1 aromatic heterocycles. The molecule has 0 aliphatic carbocycles. The lowest BCUT2D eigenvalue weighted by atomic mass is 10.2. The Morgan fingerprint density at radius 3 is 2.52 bits per heavy atom. The van der Waals surface area contributed by atoms with Gasteiger partial charge < -0.3 is 9.47 Å². The highest BCUT2D eigenvalue weighted by Gasteiger charge is 2.23. The normalized spacial score (nSPS) is 12.8. The number of carbonyl (C=O) groups excluding carboxylic acids is 1. The summed E-state index contributed by atoms with van der Waals surface area (Å²) in [7, 11) is -1.85. The highest BCUT2D eigenvalue weighted by Crippen LogP contribution is 2.24. The van der Waals surface area contributed by atoms with Gasteiger partial charge in [0.15, 0.2) is 0 Å². The first-order valence-electron chi connectivity index (χ1n) is 10.8. The molecule has 2 rings (SSSR count). The molecule has 2 aromatic rings. The number of sulfonamides is 1. The largest absolute Gasteiger partial charge is 0.342 e. The minimum atomic E-state index is -3.56. The molecule has 31 heavy (non-hydrogen) atoms. The van der Waals surface area contributed by atoms with E-state index in [1.807, 2.05) is 20.8 Å². The smallest absolute Gasteiger partial charge is 0.243 e. The summed E-state index contributed by atoms with van der Waals surface area (Å²) in [6, 6.07) is 7.02. The Morgan fingerprint density at radius 2 is 1.94 bits per heavy atom. The van der Waals surface area contributed by atoms with Crippen LogP contribution in [0.15, 0.2) is 23.1 Å². The summed E-state index contributed by atoms with van der Waals surface area (Å²) >= 11 is 0. The zero-order valence-corrected chi connectivity index (χ0v) is 19.9. The molecule has 1 amide bonds. The number of nitriles is 1. The summed E-state index contributed by atoms with van der Waals surface area (Å²) in [6.45, 7) is 9.11. The number of hydrogen-bond donors (Lipinski definition) is 0. The molecule has 1 aromatic carbocycles. The highest BCUT2D eigenvalue weighted by atomic mass is 32.2. The molecule has 0 N–H and O–H groups in total. The van der Waals surface area contributed by atoms with Crippen LogP contribution < -0.4 is 0 Å². The van der Waals surface area contributed by atoms with E-state index in [-0.39, 0.29) is 23.3 Å². The van der Waals surface area contributed by atoms with Gasteiger partial charge >= 0.3 is 0 Å². The monoisotopic (exact) mass is 447 g/mol. The third kappa shape index (κ3) is 5.43. The summed E-state index contributed by atoms with van der Waals surface area (Å²) in [5.41, 5.74) is 1.49. The van der Waals surface area contributed by atoms with Crippen molar-refractivity contribution in [1.82, 2.24) is 18.8 Å². The Hall–Kier alpha value is -2.44. The third-order valence-corrected chi connectivity index (χ3v) is 7.64. The fourth-order valence-electron chi connectivity index (χ4n) is 3.61. The molecule has 170 valence electrons. The molecule has 0 radical (unpaired) electrons. The van der Waals surface area contributed by atoms with Crippen LogP contribution in [0.4, 0.5) is 0 Å². The number of rotatable bonds is 11. The molecule has 1 atom stereocenters. The summed E-state index contributed by atoms with van der Waals surface area (Å²) < 4.78 is 29.3. The van der Waals surface area contributed by atoms with Crippen LogP contribution in [-0.4, -0.2) is 59.3 Å². The predicted molar refractivity (Wildman–Crippen MR) is 121 cm³/mol. The van der Waals surface area contributed by atoms with E-state index in [1.54, 1.807) is 30.1 Å². The van der Waals surface area contributed by atoms with E-state index >= 15 is 0 Å². The van der Waals surface area contributed by atoms with Gasteiger partial charge in [-0.1, -0.05) is 20.8 Å². The second-order valence-corrected chi connectivity index (χ2v) is 9.57. The van der Waals surface area contributed by atoms with E-state index in [0.717, 1.165) is 24.3 Å². The van der Waals surface area contributed by atoms with Crippen LogP contribution in [0.2, 0.25) is 0 Å². The van der Waals surface area contributed by atoms with Crippen LogP contribution in [0.3, 0.4) is 0 Å². The number of fused-ring (bicyclic) bond motifs is 1.